The molecule has 0 radical (unpaired) electrons. The molecule has 0 unspecified atom stereocenters. The highest BCUT2D eigenvalue weighted by Crippen LogP contribution is 2.44. The average Bonchev–Trinajstić information content (AvgIpc) is 3.22. The van der Waals surface area contributed by atoms with Gasteiger partial charge in [0, 0.05) is 19.1 Å². The highest BCUT2D eigenvalue weighted by atomic mass is 16.5. The van der Waals surface area contributed by atoms with Crippen LogP contribution in [0.15, 0.2) is 48.5 Å². The Kier molecular flexibility index (Phi) is 10.4. The summed E-state index contributed by atoms with van der Waals surface area (Å²) >= 11 is 0. The molecule has 0 aliphatic heterocycles. The minimum absolute atomic E-state index is 0.0268. The van der Waals surface area contributed by atoms with Crippen LogP contribution in [0.5, 0.6) is 0 Å². The van der Waals surface area contributed by atoms with E-state index in [4.69, 9.17) is 9.47 Å². The quantitative estimate of drug-likeness (QED) is 0.331. The Balaban J connectivity index is 1.62. The highest BCUT2D eigenvalue weighted by molar-refractivity contribution is 5.89. The van der Waals surface area contributed by atoms with Gasteiger partial charge in [0.1, 0.15) is 6.61 Å². The number of nitrogens with one attached hydrogen (secondary N) is 2. The fourth-order valence-electron chi connectivity index (χ4n) is 5.20. The number of hydrogen-bond acceptors (Lipinski definition) is 6. The van der Waals surface area contributed by atoms with Gasteiger partial charge in [-0.2, -0.15) is 0 Å². The first-order valence-corrected chi connectivity index (χ1v) is 13.3. The summed E-state index contributed by atoms with van der Waals surface area (Å²) in [6.45, 7) is 7.86. The van der Waals surface area contributed by atoms with Gasteiger partial charge in [0.2, 0.25) is 0 Å². The van der Waals surface area contributed by atoms with Gasteiger partial charge in [-0.05, 0) is 34.1 Å². The molecule has 8 heteroatoms. The molecule has 2 aromatic rings. The normalized spacial score (nSPS) is 15.7. The van der Waals surface area contributed by atoms with Gasteiger partial charge in [-0.3, -0.25) is 9.59 Å². The predicted octanol–water partition coefficient (Wildman–Crippen LogP) is 4.61. The van der Waals surface area contributed by atoms with Crippen LogP contribution in [-0.2, 0) is 19.1 Å². The Bertz CT molecular complexity index is 1070. The molecule has 0 heterocycles. The number of rotatable bonds is 14. The molecular weight excluding hydrogens is 484 g/mol. The molecule has 38 heavy (non-hydrogen) atoms. The summed E-state index contributed by atoms with van der Waals surface area (Å²) in [5.74, 6) is -1.31. The lowest BCUT2D eigenvalue weighted by atomic mass is 9.91. The Morgan fingerprint density at radius 1 is 0.974 bits per heavy atom. The lowest BCUT2D eigenvalue weighted by Gasteiger charge is -2.31. The molecule has 3 rings (SSSR count). The lowest BCUT2D eigenvalue weighted by Crippen LogP contribution is -2.52. The molecule has 2 aromatic carbocycles. The molecule has 1 aliphatic carbocycles. The summed E-state index contributed by atoms with van der Waals surface area (Å²) < 4.78 is 11.1. The molecule has 0 spiro atoms. The smallest absolute Gasteiger partial charge is 0.407 e. The zero-order valence-electron chi connectivity index (χ0n) is 22.9. The molecule has 1 amide bonds. The third kappa shape index (κ3) is 6.99. The molecular formula is C30H40N2O6. The van der Waals surface area contributed by atoms with Gasteiger partial charge in [-0.1, -0.05) is 82.6 Å². The van der Waals surface area contributed by atoms with E-state index in [9.17, 15) is 19.5 Å². The number of ether oxygens (including phenoxy) is 2. The van der Waals surface area contributed by atoms with Crippen LogP contribution < -0.4 is 10.6 Å². The van der Waals surface area contributed by atoms with Crippen molar-refractivity contribution in [1.29, 1.82) is 0 Å². The van der Waals surface area contributed by atoms with Crippen LogP contribution in [0.4, 0.5) is 4.79 Å². The second-order valence-corrected chi connectivity index (χ2v) is 10.3. The van der Waals surface area contributed by atoms with E-state index < -0.39 is 24.2 Å². The van der Waals surface area contributed by atoms with Crippen molar-refractivity contribution in [2.24, 2.45) is 11.8 Å². The number of carboxylic acid groups (broad SMARTS) is 1. The molecule has 0 aromatic heterocycles. The van der Waals surface area contributed by atoms with E-state index in [-0.39, 0.29) is 49.2 Å². The highest BCUT2D eigenvalue weighted by Gasteiger charge is 2.32. The Labute approximate surface area is 225 Å². The van der Waals surface area contributed by atoms with Crippen LogP contribution in [0.3, 0.4) is 0 Å². The van der Waals surface area contributed by atoms with Gasteiger partial charge in [0.25, 0.3) is 0 Å². The second kappa shape index (κ2) is 13.5. The number of amides is 1. The van der Waals surface area contributed by atoms with Crippen molar-refractivity contribution in [3.63, 3.8) is 0 Å². The molecule has 8 nitrogen and oxygen atoms in total. The monoisotopic (exact) mass is 524 g/mol. The Morgan fingerprint density at radius 2 is 1.55 bits per heavy atom. The van der Waals surface area contributed by atoms with Crippen molar-refractivity contribution in [3.05, 3.63) is 59.7 Å². The van der Waals surface area contributed by atoms with Crippen molar-refractivity contribution < 1.29 is 29.0 Å². The maximum atomic E-state index is 13.2. The topological polar surface area (TPSA) is 114 Å². The number of benzene rings is 2. The van der Waals surface area contributed by atoms with Crippen LogP contribution in [0.2, 0.25) is 0 Å². The second-order valence-electron chi connectivity index (χ2n) is 10.3. The number of aliphatic carboxylic acids is 1. The zero-order chi connectivity index (χ0) is 27.8. The van der Waals surface area contributed by atoms with Gasteiger partial charge < -0.3 is 25.2 Å². The molecule has 0 saturated carbocycles. The first-order chi connectivity index (χ1) is 18.2. The van der Waals surface area contributed by atoms with Gasteiger partial charge in [-0.15, -0.1) is 0 Å². The number of carbonyl (C=O) groups is 3. The SMILES string of the molecule is CC[C@H](C)[C@H](NCC(=O)[C@@H](NC(=O)OCC1c2ccccc2-c2ccccc21)C(C)C)[C@@H](CC(=O)O)OC. The van der Waals surface area contributed by atoms with Crippen LogP contribution in [0, 0.1) is 11.8 Å². The van der Waals surface area contributed by atoms with Gasteiger partial charge in [0.05, 0.1) is 25.1 Å². The van der Waals surface area contributed by atoms with E-state index in [1.54, 1.807) is 0 Å². The molecule has 0 bridgehead atoms. The van der Waals surface area contributed by atoms with Gasteiger partial charge >= 0.3 is 12.1 Å². The Hall–Kier alpha value is -3.23. The first-order valence-electron chi connectivity index (χ1n) is 13.3. The first kappa shape index (κ1) is 29.3. The standard InChI is InChI=1S/C30H40N2O6/c1-6-19(4)29(26(37-5)15-27(34)35)31-16-25(33)28(18(2)3)32-30(36)38-17-24-22-13-9-7-11-20(22)21-12-8-10-14-23(21)24/h7-14,18-19,24,26,28-29,31H,6,15-17H2,1-5H3,(H,32,36)(H,34,35)/t19-,26+,28-,29-/m0/s1. The van der Waals surface area contributed by atoms with Crippen molar-refractivity contribution in [2.45, 2.75) is 64.6 Å². The summed E-state index contributed by atoms with van der Waals surface area (Å²) in [5.41, 5.74) is 4.53. The number of methoxy groups -OCH3 is 1. The van der Waals surface area contributed by atoms with Crippen molar-refractivity contribution >= 4 is 17.8 Å². The molecule has 0 fully saturated rings. The van der Waals surface area contributed by atoms with Crippen molar-refractivity contribution in [1.82, 2.24) is 10.6 Å². The number of carbonyl (C=O) groups excluding carboxylic acids is 2. The van der Waals surface area contributed by atoms with Crippen LogP contribution in [-0.4, -0.2) is 61.4 Å². The minimum atomic E-state index is -0.963. The number of alkyl carbamates (subject to hydrolysis) is 1. The van der Waals surface area contributed by atoms with Crippen molar-refractivity contribution in [3.8, 4) is 11.1 Å². The maximum Gasteiger partial charge on any atom is 0.407 e. The molecule has 1 aliphatic rings. The van der Waals surface area contributed by atoms with E-state index in [0.717, 1.165) is 28.7 Å². The zero-order valence-corrected chi connectivity index (χ0v) is 22.9. The predicted molar refractivity (Wildman–Crippen MR) is 146 cm³/mol. The number of ketones is 1. The fourth-order valence-corrected chi connectivity index (χ4v) is 5.20. The summed E-state index contributed by atoms with van der Waals surface area (Å²) in [7, 11) is 1.47. The maximum absolute atomic E-state index is 13.2. The Morgan fingerprint density at radius 3 is 2.05 bits per heavy atom. The van der Waals surface area contributed by atoms with Crippen LogP contribution >= 0.6 is 0 Å². The average molecular weight is 525 g/mol. The molecule has 4 atom stereocenters. The van der Waals surface area contributed by atoms with E-state index in [0.29, 0.717) is 0 Å². The van der Waals surface area contributed by atoms with Gasteiger partial charge in [0.15, 0.2) is 5.78 Å². The third-order valence-electron chi connectivity index (χ3n) is 7.48. The fraction of sp³-hybridized carbons (Fsp3) is 0.500. The summed E-state index contributed by atoms with van der Waals surface area (Å²) in [4.78, 5) is 37.3. The number of Topliss-reactive ketones (excluding diaryl/α,β-unsaturated/α-hetero) is 1. The van der Waals surface area contributed by atoms with E-state index >= 15 is 0 Å². The van der Waals surface area contributed by atoms with Crippen LogP contribution in [0.1, 0.15) is 57.6 Å². The minimum Gasteiger partial charge on any atom is -0.481 e. The van der Waals surface area contributed by atoms with E-state index in [1.807, 2.05) is 52.0 Å². The van der Waals surface area contributed by atoms with Crippen molar-refractivity contribution in [2.75, 3.05) is 20.3 Å². The van der Waals surface area contributed by atoms with E-state index in [1.165, 1.54) is 7.11 Å². The molecule has 3 N–H and O–H groups in total. The van der Waals surface area contributed by atoms with Crippen LogP contribution in [0.25, 0.3) is 11.1 Å². The summed E-state index contributed by atoms with van der Waals surface area (Å²) in [6.07, 6.45) is -0.601. The largest absolute Gasteiger partial charge is 0.481 e. The molecule has 0 saturated heterocycles. The number of carboxylic acids is 1. The summed E-state index contributed by atoms with van der Waals surface area (Å²) in [5, 5.41) is 15.2. The van der Waals surface area contributed by atoms with Gasteiger partial charge in [-0.25, -0.2) is 4.79 Å². The lowest BCUT2D eigenvalue weighted by molar-refractivity contribution is -0.140. The summed E-state index contributed by atoms with van der Waals surface area (Å²) in [6, 6.07) is 15.1. The molecule has 206 valence electrons. The van der Waals surface area contributed by atoms with E-state index in [2.05, 4.69) is 34.9 Å². The number of fused-ring (bicyclic) bond motifs is 3. The third-order valence-corrected chi connectivity index (χ3v) is 7.48. The number of hydrogen-bond donors (Lipinski definition) is 3.